The van der Waals surface area contributed by atoms with E-state index in [1.54, 1.807) is 11.3 Å². The van der Waals surface area contributed by atoms with Crippen molar-refractivity contribution < 1.29 is 5.11 Å². The van der Waals surface area contributed by atoms with Gasteiger partial charge in [-0.05, 0) is 29.9 Å². The van der Waals surface area contributed by atoms with E-state index in [0.29, 0.717) is 6.42 Å². The zero-order valence-electron chi connectivity index (χ0n) is 6.16. The number of aliphatic hydroxyl groups excluding tert-OH is 1. The van der Waals surface area contributed by atoms with Crippen LogP contribution in [0.15, 0.2) is 11.4 Å². The van der Waals surface area contributed by atoms with E-state index in [4.69, 9.17) is 5.73 Å². The number of aliphatic hydroxyl groups is 1. The van der Waals surface area contributed by atoms with Gasteiger partial charge in [-0.1, -0.05) is 0 Å². The van der Waals surface area contributed by atoms with Crippen molar-refractivity contribution in [3.63, 3.8) is 0 Å². The minimum atomic E-state index is -0.319. The van der Waals surface area contributed by atoms with Gasteiger partial charge in [0.15, 0.2) is 0 Å². The Morgan fingerprint density at radius 3 is 3.27 bits per heavy atom. The molecule has 1 aromatic rings. The van der Waals surface area contributed by atoms with Gasteiger partial charge in [-0.2, -0.15) is 0 Å². The molecule has 2 unspecified atom stereocenters. The molecule has 0 amide bonds. The minimum absolute atomic E-state index is 0.149. The molecule has 60 valence electrons. The van der Waals surface area contributed by atoms with Crippen molar-refractivity contribution in [1.29, 1.82) is 0 Å². The van der Waals surface area contributed by atoms with E-state index in [-0.39, 0.29) is 12.1 Å². The largest absolute Gasteiger partial charge is 0.388 e. The molecule has 2 rings (SSSR count). The van der Waals surface area contributed by atoms with Crippen LogP contribution in [0.1, 0.15) is 23.0 Å². The van der Waals surface area contributed by atoms with Gasteiger partial charge in [-0.25, -0.2) is 0 Å². The van der Waals surface area contributed by atoms with Crippen molar-refractivity contribution in [3.8, 4) is 0 Å². The van der Waals surface area contributed by atoms with Crippen molar-refractivity contribution in [2.45, 2.75) is 25.0 Å². The molecule has 0 radical (unpaired) electrons. The molecule has 2 atom stereocenters. The Morgan fingerprint density at radius 2 is 2.45 bits per heavy atom. The SMILES string of the molecule is NC1Cc2sccc2C(O)C1. The Kier molecular flexibility index (Phi) is 1.71. The summed E-state index contributed by atoms with van der Waals surface area (Å²) >= 11 is 1.69. The third-order valence-corrected chi connectivity index (χ3v) is 3.07. The third-order valence-electron chi connectivity index (χ3n) is 2.11. The standard InChI is InChI=1S/C8H11NOS/c9-5-3-7(10)6-1-2-11-8(6)4-5/h1-2,5,7,10H,3-4,9H2. The van der Waals surface area contributed by atoms with Crippen LogP contribution >= 0.6 is 11.3 Å². The normalized spacial score (nSPS) is 30.0. The highest BCUT2D eigenvalue weighted by molar-refractivity contribution is 7.10. The molecule has 0 bridgehead atoms. The monoisotopic (exact) mass is 169 g/mol. The Hall–Kier alpha value is -0.380. The van der Waals surface area contributed by atoms with Crippen molar-refractivity contribution in [1.82, 2.24) is 0 Å². The summed E-state index contributed by atoms with van der Waals surface area (Å²) in [6, 6.07) is 2.15. The first-order valence-electron chi connectivity index (χ1n) is 3.77. The first kappa shape index (κ1) is 7.28. The fourth-order valence-electron chi connectivity index (χ4n) is 1.55. The molecule has 0 saturated heterocycles. The molecule has 1 heterocycles. The summed E-state index contributed by atoms with van der Waals surface area (Å²) in [5.74, 6) is 0. The van der Waals surface area contributed by atoms with Crippen LogP contribution in [-0.4, -0.2) is 11.1 Å². The van der Waals surface area contributed by atoms with Crippen LogP contribution in [0.5, 0.6) is 0 Å². The fourth-order valence-corrected chi connectivity index (χ4v) is 2.58. The molecule has 0 aromatic carbocycles. The van der Waals surface area contributed by atoms with Crippen LogP contribution in [0.2, 0.25) is 0 Å². The molecule has 1 aliphatic rings. The number of rotatable bonds is 0. The lowest BCUT2D eigenvalue weighted by Gasteiger charge is -2.22. The summed E-state index contributed by atoms with van der Waals surface area (Å²) in [6.07, 6.45) is 1.33. The molecule has 0 saturated carbocycles. The lowest BCUT2D eigenvalue weighted by atomic mass is 9.93. The van der Waals surface area contributed by atoms with Crippen LogP contribution in [0, 0.1) is 0 Å². The topological polar surface area (TPSA) is 46.2 Å². The highest BCUT2D eigenvalue weighted by Crippen LogP contribution is 2.32. The lowest BCUT2D eigenvalue weighted by molar-refractivity contribution is 0.149. The Bertz CT molecular complexity index is 258. The highest BCUT2D eigenvalue weighted by Gasteiger charge is 2.23. The fraction of sp³-hybridized carbons (Fsp3) is 0.500. The average molecular weight is 169 g/mol. The van der Waals surface area contributed by atoms with Gasteiger partial charge in [0.25, 0.3) is 0 Å². The second-order valence-corrected chi connectivity index (χ2v) is 4.02. The van der Waals surface area contributed by atoms with Crippen molar-refractivity contribution in [2.24, 2.45) is 5.73 Å². The Labute approximate surface area is 69.7 Å². The van der Waals surface area contributed by atoms with E-state index in [0.717, 1.165) is 12.0 Å². The summed E-state index contributed by atoms with van der Waals surface area (Å²) in [5, 5.41) is 11.6. The van der Waals surface area contributed by atoms with Gasteiger partial charge >= 0.3 is 0 Å². The minimum Gasteiger partial charge on any atom is -0.388 e. The first-order chi connectivity index (χ1) is 5.27. The van der Waals surface area contributed by atoms with Gasteiger partial charge in [0.2, 0.25) is 0 Å². The average Bonchev–Trinajstić information content (AvgIpc) is 2.34. The number of hydrogen-bond donors (Lipinski definition) is 2. The smallest absolute Gasteiger partial charge is 0.0815 e. The zero-order valence-corrected chi connectivity index (χ0v) is 6.97. The lowest BCUT2D eigenvalue weighted by Crippen LogP contribution is -2.29. The van der Waals surface area contributed by atoms with Crippen molar-refractivity contribution in [3.05, 3.63) is 21.9 Å². The van der Waals surface area contributed by atoms with E-state index in [1.165, 1.54) is 4.88 Å². The van der Waals surface area contributed by atoms with Crippen LogP contribution in [0.4, 0.5) is 0 Å². The molecule has 3 heteroatoms. The number of hydrogen-bond acceptors (Lipinski definition) is 3. The predicted octanol–water partition coefficient (Wildman–Crippen LogP) is 1.06. The molecule has 11 heavy (non-hydrogen) atoms. The predicted molar refractivity (Wildman–Crippen MR) is 45.6 cm³/mol. The summed E-state index contributed by atoms with van der Waals surface area (Å²) in [4.78, 5) is 1.26. The first-order valence-corrected chi connectivity index (χ1v) is 4.65. The number of nitrogens with two attached hydrogens (primary N) is 1. The van der Waals surface area contributed by atoms with Gasteiger partial charge in [0.1, 0.15) is 0 Å². The van der Waals surface area contributed by atoms with Crippen LogP contribution in [0.25, 0.3) is 0 Å². The molecule has 1 aromatic heterocycles. The quantitative estimate of drug-likeness (QED) is 0.610. The summed E-state index contributed by atoms with van der Waals surface area (Å²) in [6.45, 7) is 0. The molecule has 2 nitrogen and oxygen atoms in total. The van der Waals surface area contributed by atoms with E-state index in [1.807, 2.05) is 11.4 Å². The van der Waals surface area contributed by atoms with Gasteiger partial charge in [-0.15, -0.1) is 11.3 Å². The second-order valence-electron chi connectivity index (χ2n) is 3.01. The third kappa shape index (κ3) is 1.20. The second kappa shape index (κ2) is 2.59. The van der Waals surface area contributed by atoms with Crippen molar-refractivity contribution >= 4 is 11.3 Å². The highest BCUT2D eigenvalue weighted by atomic mass is 32.1. The van der Waals surface area contributed by atoms with Crippen LogP contribution in [0.3, 0.4) is 0 Å². The maximum Gasteiger partial charge on any atom is 0.0815 e. The summed E-state index contributed by atoms with van der Waals surface area (Å²) in [7, 11) is 0. The molecular weight excluding hydrogens is 158 g/mol. The molecule has 0 fully saturated rings. The molecule has 0 aliphatic heterocycles. The van der Waals surface area contributed by atoms with E-state index in [2.05, 4.69) is 0 Å². The van der Waals surface area contributed by atoms with Crippen LogP contribution < -0.4 is 5.73 Å². The van der Waals surface area contributed by atoms with Gasteiger partial charge in [0, 0.05) is 10.9 Å². The Balaban J connectivity index is 2.36. The zero-order chi connectivity index (χ0) is 7.84. The summed E-state index contributed by atoms with van der Waals surface area (Å²) < 4.78 is 0. The molecular formula is C8H11NOS. The number of fused-ring (bicyclic) bond motifs is 1. The van der Waals surface area contributed by atoms with Gasteiger partial charge in [0.05, 0.1) is 6.10 Å². The maximum atomic E-state index is 9.55. The van der Waals surface area contributed by atoms with Crippen LogP contribution in [-0.2, 0) is 6.42 Å². The molecule has 1 aliphatic carbocycles. The van der Waals surface area contributed by atoms with E-state index >= 15 is 0 Å². The molecule has 3 N–H and O–H groups in total. The van der Waals surface area contributed by atoms with Gasteiger partial charge in [-0.3, -0.25) is 0 Å². The van der Waals surface area contributed by atoms with Crippen molar-refractivity contribution in [2.75, 3.05) is 0 Å². The van der Waals surface area contributed by atoms with E-state index in [9.17, 15) is 5.11 Å². The Morgan fingerprint density at radius 1 is 1.64 bits per heavy atom. The molecule has 0 spiro atoms. The van der Waals surface area contributed by atoms with E-state index < -0.39 is 0 Å². The summed E-state index contributed by atoms with van der Waals surface area (Å²) in [5.41, 5.74) is 6.84. The number of thiophene rings is 1. The maximum absolute atomic E-state index is 9.55. The van der Waals surface area contributed by atoms with Gasteiger partial charge < -0.3 is 10.8 Å².